The topological polar surface area (TPSA) is 62.2 Å². The number of carbonyl (C=O) groups is 1. The van der Waals surface area contributed by atoms with Crippen LogP contribution >= 0.6 is 0 Å². The van der Waals surface area contributed by atoms with Gasteiger partial charge in [-0.05, 0) is 44.3 Å². The number of hydrogen-bond acceptors (Lipinski definition) is 4. The van der Waals surface area contributed by atoms with Gasteiger partial charge in [0.05, 0.1) is 12.2 Å². The first-order chi connectivity index (χ1) is 13.7. The van der Waals surface area contributed by atoms with Crippen LogP contribution in [0.3, 0.4) is 0 Å². The molecular weight excluding hydrogens is 350 g/mol. The minimum atomic E-state index is 0.0195. The Morgan fingerprint density at radius 1 is 1.18 bits per heavy atom. The lowest BCUT2D eigenvalue weighted by molar-refractivity contribution is -0.124. The summed E-state index contributed by atoms with van der Waals surface area (Å²) in [6.45, 7) is 3.41. The van der Waals surface area contributed by atoms with E-state index in [1.165, 1.54) is 18.4 Å². The van der Waals surface area contributed by atoms with Gasteiger partial charge in [-0.2, -0.15) is 5.10 Å². The molecule has 2 atom stereocenters. The van der Waals surface area contributed by atoms with Crippen LogP contribution in [-0.4, -0.2) is 52.3 Å². The molecule has 2 fully saturated rings. The molecule has 0 unspecified atom stereocenters. The third-order valence-electron chi connectivity index (χ3n) is 6.08. The highest BCUT2D eigenvalue weighted by Gasteiger charge is 2.32. The van der Waals surface area contributed by atoms with E-state index in [4.69, 9.17) is 0 Å². The van der Waals surface area contributed by atoms with Gasteiger partial charge in [-0.1, -0.05) is 30.3 Å². The van der Waals surface area contributed by atoms with Crippen LogP contribution in [-0.2, 0) is 18.3 Å². The molecule has 1 amide bonds. The molecule has 1 aromatic heterocycles. The quantitative estimate of drug-likeness (QED) is 0.804. The van der Waals surface area contributed by atoms with Crippen molar-refractivity contribution in [2.75, 3.05) is 19.6 Å². The molecule has 0 radical (unpaired) electrons. The second-order valence-corrected chi connectivity index (χ2v) is 8.16. The highest BCUT2D eigenvalue weighted by atomic mass is 16.1. The number of hydrogen-bond donors (Lipinski definition) is 2. The lowest BCUT2D eigenvalue weighted by Crippen LogP contribution is -2.53. The highest BCUT2D eigenvalue weighted by molar-refractivity contribution is 5.77. The van der Waals surface area contributed by atoms with E-state index >= 15 is 0 Å². The molecule has 150 valence electrons. The predicted octanol–water partition coefficient (Wildman–Crippen LogP) is 2.04. The maximum atomic E-state index is 12.0. The summed E-state index contributed by atoms with van der Waals surface area (Å²) in [4.78, 5) is 14.5. The van der Waals surface area contributed by atoms with Gasteiger partial charge >= 0.3 is 0 Å². The Bertz CT molecular complexity index is 766. The van der Waals surface area contributed by atoms with E-state index in [9.17, 15) is 4.79 Å². The summed E-state index contributed by atoms with van der Waals surface area (Å²) in [5, 5.41) is 11.3. The van der Waals surface area contributed by atoms with Crippen molar-refractivity contribution in [3.8, 4) is 0 Å². The summed E-state index contributed by atoms with van der Waals surface area (Å²) in [6.07, 6.45) is 8.83. The summed E-state index contributed by atoms with van der Waals surface area (Å²) in [5.74, 6) is 0.141. The van der Waals surface area contributed by atoms with E-state index in [1.54, 1.807) is 4.68 Å². The lowest BCUT2D eigenvalue weighted by atomic mass is 9.91. The Labute approximate surface area is 167 Å². The standard InChI is InChI=1S/C22H31N5O/c1-26-16-18(15-23-26)22-20(7-8-21(28)25-22)24-19-10-13-27(14-11-19)12-9-17-5-3-2-4-6-17/h2-6,15-16,19-20,22,24H,7-14H2,1H3,(H,25,28)/t20-,22+/m1/s1. The first kappa shape index (κ1) is 19.2. The molecule has 2 saturated heterocycles. The van der Waals surface area contributed by atoms with Crippen LogP contribution in [0, 0.1) is 0 Å². The second-order valence-electron chi connectivity index (χ2n) is 8.16. The molecule has 2 aliphatic heterocycles. The fourth-order valence-electron chi connectivity index (χ4n) is 4.45. The van der Waals surface area contributed by atoms with E-state index in [1.807, 2.05) is 19.4 Å². The molecule has 0 bridgehead atoms. The van der Waals surface area contributed by atoms with Crippen molar-refractivity contribution < 1.29 is 4.79 Å². The maximum absolute atomic E-state index is 12.0. The number of piperidine rings is 2. The first-order valence-electron chi connectivity index (χ1n) is 10.5. The zero-order valence-corrected chi connectivity index (χ0v) is 16.7. The fraction of sp³-hybridized carbons (Fsp3) is 0.545. The Kier molecular flexibility index (Phi) is 6.07. The van der Waals surface area contributed by atoms with Gasteiger partial charge in [-0.3, -0.25) is 9.48 Å². The Balaban J connectivity index is 1.28. The van der Waals surface area contributed by atoms with Gasteiger partial charge in [0.25, 0.3) is 0 Å². The van der Waals surface area contributed by atoms with Gasteiger partial charge in [0.1, 0.15) is 0 Å². The largest absolute Gasteiger partial charge is 0.348 e. The van der Waals surface area contributed by atoms with Crippen molar-refractivity contribution in [1.82, 2.24) is 25.3 Å². The molecule has 6 nitrogen and oxygen atoms in total. The third-order valence-corrected chi connectivity index (χ3v) is 6.08. The molecule has 0 aliphatic carbocycles. The number of amides is 1. The highest BCUT2D eigenvalue weighted by Crippen LogP contribution is 2.25. The van der Waals surface area contributed by atoms with Crippen molar-refractivity contribution in [3.05, 3.63) is 53.9 Å². The number of carbonyl (C=O) groups excluding carboxylic acids is 1. The van der Waals surface area contributed by atoms with Crippen LogP contribution in [0.1, 0.15) is 42.9 Å². The first-order valence-corrected chi connectivity index (χ1v) is 10.5. The fourth-order valence-corrected chi connectivity index (χ4v) is 4.45. The predicted molar refractivity (Wildman–Crippen MR) is 110 cm³/mol. The molecular formula is C22H31N5O. The lowest BCUT2D eigenvalue weighted by Gasteiger charge is -2.38. The van der Waals surface area contributed by atoms with Crippen molar-refractivity contribution in [3.63, 3.8) is 0 Å². The number of nitrogens with zero attached hydrogens (tertiary/aromatic N) is 3. The molecule has 0 spiro atoms. The van der Waals surface area contributed by atoms with Crippen molar-refractivity contribution in [2.24, 2.45) is 7.05 Å². The molecule has 1 aromatic carbocycles. The second kappa shape index (κ2) is 8.88. The van der Waals surface area contributed by atoms with Crippen LogP contribution in [0.4, 0.5) is 0 Å². The van der Waals surface area contributed by atoms with Crippen LogP contribution in [0.15, 0.2) is 42.7 Å². The molecule has 3 heterocycles. The maximum Gasteiger partial charge on any atom is 0.220 e. The van der Waals surface area contributed by atoms with Crippen LogP contribution in [0.25, 0.3) is 0 Å². The summed E-state index contributed by atoms with van der Waals surface area (Å²) >= 11 is 0. The zero-order chi connectivity index (χ0) is 19.3. The molecule has 2 aromatic rings. The van der Waals surface area contributed by atoms with Gasteiger partial charge in [0.15, 0.2) is 0 Å². The minimum absolute atomic E-state index is 0.0195. The van der Waals surface area contributed by atoms with E-state index in [0.29, 0.717) is 12.5 Å². The molecule has 0 saturated carbocycles. The van der Waals surface area contributed by atoms with Crippen molar-refractivity contribution >= 4 is 5.91 Å². The van der Waals surface area contributed by atoms with Crippen LogP contribution in [0.5, 0.6) is 0 Å². The minimum Gasteiger partial charge on any atom is -0.348 e. The Hall–Kier alpha value is -2.18. The Morgan fingerprint density at radius 2 is 1.96 bits per heavy atom. The van der Waals surface area contributed by atoms with Gasteiger partial charge in [0.2, 0.25) is 5.91 Å². The van der Waals surface area contributed by atoms with E-state index in [2.05, 4.69) is 51.0 Å². The normalized spacial score (nSPS) is 24.2. The van der Waals surface area contributed by atoms with E-state index < -0.39 is 0 Å². The van der Waals surface area contributed by atoms with Gasteiger partial charge in [0, 0.05) is 43.9 Å². The third kappa shape index (κ3) is 4.80. The average molecular weight is 382 g/mol. The van der Waals surface area contributed by atoms with Gasteiger partial charge < -0.3 is 15.5 Å². The van der Waals surface area contributed by atoms with E-state index in [0.717, 1.165) is 38.0 Å². The zero-order valence-electron chi connectivity index (χ0n) is 16.7. The number of aromatic nitrogens is 2. The molecule has 4 rings (SSSR count). The van der Waals surface area contributed by atoms with Crippen LogP contribution in [0.2, 0.25) is 0 Å². The van der Waals surface area contributed by atoms with Crippen molar-refractivity contribution in [2.45, 2.75) is 50.2 Å². The SMILES string of the molecule is Cn1cc([C@@H]2NC(=O)CC[C@H]2NC2CCN(CCc3ccccc3)CC2)cn1. The summed E-state index contributed by atoms with van der Waals surface area (Å²) < 4.78 is 1.80. The summed E-state index contributed by atoms with van der Waals surface area (Å²) in [6, 6.07) is 11.6. The van der Waals surface area contributed by atoms with Crippen molar-refractivity contribution in [1.29, 1.82) is 0 Å². The number of rotatable bonds is 6. The van der Waals surface area contributed by atoms with Gasteiger partial charge in [-0.15, -0.1) is 0 Å². The molecule has 2 aliphatic rings. The summed E-state index contributed by atoms with van der Waals surface area (Å²) in [5.41, 5.74) is 2.51. The number of likely N-dealkylation sites (tertiary alicyclic amines) is 1. The molecule has 28 heavy (non-hydrogen) atoms. The average Bonchev–Trinajstić information content (AvgIpc) is 3.16. The number of benzene rings is 1. The molecule has 2 N–H and O–H groups in total. The Morgan fingerprint density at radius 3 is 2.68 bits per heavy atom. The monoisotopic (exact) mass is 381 g/mol. The molecule has 6 heteroatoms. The number of aryl methyl sites for hydroxylation is 1. The van der Waals surface area contributed by atoms with Crippen LogP contribution < -0.4 is 10.6 Å². The van der Waals surface area contributed by atoms with Gasteiger partial charge in [-0.25, -0.2) is 0 Å². The smallest absolute Gasteiger partial charge is 0.220 e. The van der Waals surface area contributed by atoms with E-state index in [-0.39, 0.29) is 18.0 Å². The number of nitrogens with one attached hydrogen (secondary N) is 2. The summed E-state index contributed by atoms with van der Waals surface area (Å²) in [7, 11) is 1.92.